The van der Waals surface area contributed by atoms with Crippen molar-refractivity contribution in [3.63, 3.8) is 0 Å². The Bertz CT molecular complexity index is 1050. The van der Waals surface area contributed by atoms with Gasteiger partial charge in [-0.05, 0) is 80.8 Å². The van der Waals surface area contributed by atoms with Gasteiger partial charge in [-0.2, -0.15) is 0 Å². The lowest BCUT2D eigenvalue weighted by Crippen LogP contribution is -2.51. The summed E-state index contributed by atoms with van der Waals surface area (Å²) in [4.78, 5) is 13.1. The molecule has 0 radical (unpaired) electrons. The Balaban J connectivity index is 1.79. The Kier molecular flexibility index (Phi) is 7.81. The van der Waals surface area contributed by atoms with Crippen molar-refractivity contribution >= 4 is 29.1 Å². The van der Waals surface area contributed by atoms with Gasteiger partial charge < -0.3 is 10.1 Å². The second kappa shape index (κ2) is 10.4. The Labute approximate surface area is 198 Å². The van der Waals surface area contributed by atoms with Crippen LogP contribution in [0.3, 0.4) is 0 Å². The summed E-state index contributed by atoms with van der Waals surface area (Å²) in [5, 5.41) is 4.25. The molecule has 0 spiro atoms. The number of rotatable bonds is 8. The van der Waals surface area contributed by atoms with Crippen LogP contribution in [0.4, 0.5) is 4.39 Å². The van der Waals surface area contributed by atoms with Gasteiger partial charge in [0, 0.05) is 22.0 Å². The molecule has 1 N–H and O–H groups in total. The summed E-state index contributed by atoms with van der Waals surface area (Å²) >= 11 is 11.9. The van der Waals surface area contributed by atoms with E-state index < -0.39 is 5.60 Å². The molecule has 3 rings (SSSR count). The standard InChI is InChI=1S/C26H26Cl2FNO2/c1-17(30-25(31)26(2,3)32-21-14-12-20(28)13-15-21)23(22-6-4-5-7-24(22)29)16-18-8-10-19(27)11-9-18/h4-15,17,23H,16H2,1-3H3,(H,30,31)/t17-,23+/m0/s1. The summed E-state index contributed by atoms with van der Waals surface area (Å²) < 4.78 is 20.6. The highest BCUT2D eigenvalue weighted by atomic mass is 35.5. The average molecular weight is 474 g/mol. The van der Waals surface area contributed by atoms with Gasteiger partial charge in [0.15, 0.2) is 5.60 Å². The molecular formula is C26H26Cl2FNO2. The van der Waals surface area contributed by atoms with Crippen molar-refractivity contribution in [1.82, 2.24) is 5.32 Å². The molecule has 0 bridgehead atoms. The van der Waals surface area contributed by atoms with Crippen molar-refractivity contribution in [2.24, 2.45) is 0 Å². The Morgan fingerprint density at radius 3 is 2.12 bits per heavy atom. The van der Waals surface area contributed by atoms with Crippen molar-refractivity contribution in [1.29, 1.82) is 0 Å². The molecule has 0 aliphatic carbocycles. The number of hydrogen-bond acceptors (Lipinski definition) is 2. The van der Waals surface area contributed by atoms with Crippen molar-refractivity contribution in [3.8, 4) is 5.75 Å². The smallest absolute Gasteiger partial charge is 0.263 e. The van der Waals surface area contributed by atoms with E-state index in [1.807, 2.05) is 31.2 Å². The molecule has 0 heterocycles. The first-order valence-electron chi connectivity index (χ1n) is 10.4. The molecule has 32 heavy (non-hydrogen) atoms. The number of nitrogens with one attached hydrogen (secondary N) is 1. The lowest BCUT2D eigenvalue weighted by molar-refractivity contribution is -0.135. The molecule has 0 unspecified atom stereocenters. The molecule has 0 fully saturated rings. The van der Waals surface area contributed by atoms with Crippen LogP contribution in [0.2, 0.25) is 10.0 Å². The van der Waals surface area contributed by atoms with Gasteiger partial charge in [-0.25, -0.2) is 4.39 Å². The van der Waals surface area contributed by atoms with Gasteiger partial charge in [0.25, 0.3) is 5.91 Å². The van der Waals surface area contributed by atoms with Crippen LogP contribution >= 0.6 is 23.2 Å². The van der Waals surface area contributed by atoms with Crippen LogP contribution < -0.4 is 10.1 Å². The van der Waals surface area contributed by atoms with Gasteiger partial charge in [-0.1, -0.05) is 53.5 Å². The molecular weight excluding hydrogens is 448 g/mol. The van der Waals surface area contributed by atoms with Crippen LogP contribution in [0.1, 0.15) is 37.8 Å². The maximum absolute atomic E-state index is 14.7. The third kappa shape index (κ3) is 6.24. The lowest BCUT2D eigenvalue weighted by Gasteiger charge is -2.31. The molecule has 168 valence electrons. The van der Waals surface area contributed by atoms with Gasteiger partial charge in [0.2, 0.25) is 0 Å². The first kappa shape index (κ1) is 24.1. The molecule has 6 heteroatoms. The Morgan fingerprint density at radius 2 is 1.53 bits per heavy atom. The van der Waals surface area contributed by atoms with E-state index in [9.17, 15) is 9.18 Å². The minimum atomic E-state index is -1.14. The topological polar surface area (TPSA) is 38.3 Å². The van der Waals surface area contributed by atoms with Crippen LogP contribution in [0.15, 0.2) is 72.8 Å². The fourth-order valence-electron chi connectivity index (χ4n) is 3.53. The average Bonchev–Trinajstić information content (AvgIpc) is 2.75. The Morgan fingerprint density at radius 1 is 0.969 bits per heavy atom. The Hall–Kier alpha value is -2.56. The summed E-state index contributed by atoms with van der Waals surface area (Å²) in [5.74, 6) is -0.344. The highest BCUT2D eigenvalue weighted by Gasteiger charge is 2.33. The van der Waals surface area contributed by atoms with E-state index in [-0.39, 0.29) is 23.7 Å². The van der Waals surface area contributed by atoms with Gasteiger partial charge >= 0.3 is 0 Å². The van der Waals surface area contributed by atoms with E-state index in [0.29, 0.717) is 27.8 Å². The molecule has 3 aromatic rings. The molecule has 0 saturated heterocycles. The summed E-state index contributed by atoms with van der Waals surface area (Å²) in [6, 6.07) is 20.6. The zero-order valence-electron chi connectivity index (χ0n) is 18.2. The fraction of sp³-hybridized carbons (Fsp3) is 0.269. The zero-order valence-corrected chi connectivity index (χ0v) is 19.8. The first-order chi connectivity index (χ1) is 15.2. The summed E-state index contributed by atoms with van der Waals surface area (Å²) in [6.45, 7) is 5.27. The normalized spacial score (nSPS) is 13.3. The van der Waals surface area contributed by atoms with E-state index in [4.69, 9.17) is 27.9 Å². The van der Waals surface area contributed by atoms with Crippen LogP contribution in [0.25, 0.3) is 0 Å². The summed E-state index contributed by atoms with van der Waals surface area (Å²) in [7, 11) is 0. The molecule has 0 aromatic heterocycles. The number of benzene rings is 3. The fourth-order valence-corrected chi connectivity index (χ4v) is 3.78. The van der Waals surface area contributed by atoms with E-state index in [0.717, 1.165) is 5.56 Å². The number of hydrogen-bond donors (Lipinski definition) is 1. The second-order valence-corrected chi connectivity index (χ2v) is 9.16. The predicted molar refractivity (Wildman–Crippen MR) is 128 cm³/mol. The van der Waals surface area contributed by atoms with Crippen LogP contribution in [0.5, 0.6) is 5.75 Å². The molecule has 0 aliphatic rings. The SMILES string of the molecule is C[C@H](NC(=O)C(C)(C)Oc1ccc(Cl)cc1)[C@@H](Cc1ccc(Cl)cc1)c1ccccc1F. The first-order valence-corrected chi connectivity index (χ1v) is 11.2. The zero-order chi connectivity index (χ0) is 23.3. The number of halogens is 3. The molecule has 2 atom stereocenters. The van der Waals surface area contributed by atoms with Gasteiger partial charge in [-0.3, -0.25) is 4.79 Å². The van der Waals surface area contributed by atoms with Crippen molar-refractivity contribution in [2.75, 3.05) is 0 Å². The third-order valence-electron chi connectivity index (χ3n) is 5.37. The highest BCUT2D eigenvalue weighted by Crippen LogP contribution is 2.28. The third-order valence-corrected chi connectivity index (χ3v) is 5.87. The van der Waals surface area contributed by atoms with Crippen LogP contribution in [-0.4, -0.2) is 17.6 Å². The van der Waals surface area contributed by atoms with Gasteiger partial charge in [-0.15, -0.1) is 0 Å². The summed E-state index contributed by atoms with van der Waals surface area (Å²) in [5.41, 5.74) is 0.411. The van der Waals surface area contributed by atoms with E-state index in [1.165, 1.54) is 6.07 Å². The van der Waals surface area contributed by atoms with E-state index in [1.54, 1.807) is 56.3 Å². The number of amides is 1. The van der Waals surface area contributed by atoms with Crippen LogP contribution in [0, 0.1) is 5.82 Å². The second-order valence-electron chi connectivity index (χ2n) is 8.29. The summed E-state index contributed by atoms with van der Waals surface area (Å²) in [6.07, 6.45) is 0.540. The maximum atomic E-state index is 14.7. The molecule has 0 saturated carbocycles. The minimum absolute atomic E-state index is 0.285. The predicted octanol–water partition coefficient (Wildman–Crippen LogP) is 6.82. The van der Waals surface area contributed by atoms with Crippen molar-refractivity contribution in [3.05, 3.63) is 99.8 Å². The molecule has 0 aliphatic heterocycles. The van der Waals surface area contributed by atoms with E-state index >= 15 is 0 Å². The largest absolute Gasteiger partial charge is 0.478 e. The highest BCUT2D eigenvalue weighted by molar-refractivity contribution is 6.30. The molecule has 1 amide bonds. The van der Waals surface area contributed by atoms with E-state index in [2.05, 4.69) is 5.32 Å². The number of ether oxygens (including phenoxy) is 1. The van der Waals surface area contributed by atoms with Gasteiger partial charge in [0.05, 0.1) is 0 Å². The molecule has 3 nitrogen and oxygen atoms in total. The molecule has 3 aromatic carbocycles. The van der Waals surface area contributed by atoms with Crippen LogP contribution in [-0.2, 0) is 11.2 Å². The minimum Gasteiger partial charge on any atom is -0.478 e. The van der Waals surface area contributed by atoms with Crippen molar-refractivity contribution in [2.45, 2.75) is 44.8 Å². The van der Waals surface area contributed by atoms with Crippen molar-refractivity contribution < 1.29 is 13.9 Å². The monoisotopic (exact) mass is 473 g/mol. The quantitative estimate of drug-likeness (QED) is 0.389. The maximum Gasteiger partial charge on any atom is 0.263 e. The van der Waals surface area contributed by atoms with Gasteiger partial charge in [0.1, 0.15) is 11.6 Å². The number of carbonyl (C=O) groups excluding carboxylic acids is 1. The lowest BCUT2D eigenvalue weighted by atomic mass is 9.86. The number of carbonyl (C=O) groups is 1.